The van der Waals surface area contributed by atoms with Gasteiger partial charge in [-0.15, -0.1) is 0 Å². The van der Waals surface area contributed by atoms with Crippen LogP contribution >= 0.6 is 0 Å². The van der Waals surface area contributed by atoms with E-state index in [-0.39, 0.29) is 5.41 Å². The Morgan fingerprint density at radius 3 is 2.43 bits per heavy atom. The van der Waals surface area contributed by atoms with Crippen molar-refractivity contribution >= 4 is 29.0 Å². The Hall–Kier alpha value is -3.39. The first-order valence-corrected chi connectivity index (χ1v) is 12.1. The summed E-state index contributed by atoms with van der Waals surface area (Å²) in [6.07, 6.45) is 4.60. The van der Waals surface area contributed by atoms with Crippen LogP contribution < -0.4 is 20.1 Å². The van der Waals surface area contributed by atoms with Crippen LogP contribution in [0.3, 0.4) is 0 Å². The van der Waals surface area contributed by atoms with E-state index in [4.69, 9.17) is 20.2 Å². The number of methoxy groups -OCH3 is 2. The van der Waals surface area contributed by atoms with Crippen molar-refractivity contribution in [3.63, 3.8) is 0 Å². The van der Waals surface area contributed by atoms with E-state index in [1.165, 1.54) is 5.56 Å². The minimum Gasteiger partial charge on any atom is -0.493 e. The SMILES string of the molecule is COc1cc2nc(N(C)CC3(c4ccccc4)CCN(CCCC=O)CC3)nc(N)c2cc1OC. The molecule has 3 aromatic rings. The van der Waals surface area contributed by atoms with Crippen LogP contribution in [0.5, 0.6) is 11.5 Å². The third-order valence-corrected chi connectivity index (χ3v) is 7.10. The summed E-state index contributed by atoms with van der Waals surface area (Å²) in [4.78, 5) is 24.8. The fourth-order valence-electron chi connectivity index (χ4n) is 5.09. The molecule has 1 aliphatic rings. The number of likely N-dealkylation sites (N-methyl/N-ethyl adjacent to an activating group) is 1. The average Bonchev–Trinajstić information content (AvgIpc) is 2.89. The van der Waals surface area contributed by atoms with Crippen molar-refractivity contribution in [2.45, 2.75) is 31.1 Å². The van der Waals surface area contributed by atoms with Crippen LogP contribution in [0.25, 0.3) is 10.9 Å². The molecular formula is C27H35N5O3. The topological polar surface area (TPSA) is 93.8 Å². The number of nitrogen functional groups attached to an aromatic ring is 1. The molecule has 35 heavy (non-hydrogen) atoms. The highest BCUT2D eigenvalue weighted by molar-refractivity contribution is 5.91. The Morgan fingerprint density at radius 1 is 1.09 bits per heavy atom. The molecule has 1 aliphatic heterocycles. The smallest absolute Gasteiger partial charge is 0.227 e. The first kappa shape index (κ1) is 24.7. The van der Waals surface area contributed by atoms with Gasteiger partial charge in [-0.2, -0.15) is 4.98 Å². The molecule has 4 rings (SSSR count). The number of hydrogen-bond donors (Lipinski definition) is 1. The maximum Gasteiger partial charge on any atom is 0.227 e. The van der Waals surface area contributed by atoms with Crippen LogP contribution in [0.2, 0.25) is 0 Å². The van der Waals surface area contributed by atoms with Gasteiger partial charge >= 0.3 is 0 Å². The number of unbranched alkanes of at least 4 members (excludes halogenated alkanes) is 1. The number of fused-ring (bicyclic) bond motifs is 1. The van der Waals surface area contributed by atoms with E-state index in [1.807, 2.05) is 19.2 Å². The van der Waals surface area contributed by atoms with Crippen molar-refractivity contribution in [3.05, 3.63) is 48.0 Å². The number of piperidine rings is 1. The van der Waals surface area contributed by atoms with Crippen molar-refractivity contribution in [2.75, 3.05) is 58.1 Å². The van der Waals surface area contributed by atoms with Crippen molar-refractivity contribution in [3.8, 4) is 11.5 Å². The van der Waals surface area contributed by atoms with E-state index >= 15 is 0 Å². The fourth-order valence-corrected chi connectivity index (χ4v) is 5.09. The number of benzene rings is 2. The van der Waals surface area contributed by atoms with Crippen molar-refractivity contribution in [1.82, 2.24) is 14.9 Å². The standard InChI is InChI=1S/C27H35N5O3/c1-31(26-29-22-18-24(35-3)23(34-2)17-21(22)25(28)30-26)19-27(20-9-5-4-6-10-20)11-14-32(15-12-27)13-7-8-16-33/h4-6,9-10,16-18H,7-8,11-15,19H2,1-3H3,(H2,28,29,30). The second kappa shape index (κ2) is 10.9. The summed E-state index contributed by atoms with van der Waals surface area (Å²) in [7, 11) is 5.23. The number of ether oxygens (including phenoxy) is 2. The molecule has 186 valence electrons. The predicted octanol–water partition coefficient (Wildman–Crippen LogP) is 3.68. The Balaban J connectivity index is 1.61. The first-order valence-electron chi connectivity index (χ1n) is 12.1. The van der Waals surface area contributed by atoms with Gasteiger partial charge < -0.3 is 29.8 Å². The van der Waals surface area contributed by atoms with Gasteiger partial charge in [0.25, 0.3) is 0 Å². The van der Waals surface area contributed by atoms with Crippen molar-refractivity contribution < 1.29 is 14.3 Å². The van der Waals surface area contributed by atoms with Gasteiger partial charge in [-0.3, -0.25) is 0 Å². The minimum absolute atomic E-state index is 0.0259. The summed E-state index contributed by atoms with van der Waals surface area (Å²) >= 11 is 0. The molecule has 2 aromatic carbocycles. The summed E-state index contributed by atoms with van der Waals surface area (Å²) in [5.74, 6) is 2.20. The van der Waals surface area contributed by atoms with Gasteiger partial charge in [0.15, 0.2) is 11.5 Å². The number of carbonyl (C=O) groups is 1. The van der Waals surface area contributed by atoms with Crippen LogP contribution in [0.1, 0.15) is 31.2 Å². The van der Waals surface area contributed by atoms with E-state index in [9.17, 15) is 4.79 Å². The van der Waals surface area contributed by atoms with Gasteiger partial charge in [-0.05, 0) is 50.5 Å². The zero-order valence-electron chi connectivity index (χ0n) is 20.9. The van der Waals surface area contributed by atoms with E-state index in [0.717, 1.165) is 62.6 Å². The molecule has 0 spiro atoms. The molecule has 1 aromatic heterocycles. The highest BCUT2D eigenvalue weighted by Gasteiger charge is 2.37. The zero-order valence-corrected chi connectivity index (χ0v) is 20.9. The van der Waals surface area contributed by atoms with Gasteiger partial charge in [0.2, 0.25) is 5.95 Å². The number of aldehydes is 1. The van der Waals surface area contributed by atoms with E-state index in [2.05, 4.69) is 45.1 Å². The second-order valence-corrected chi connectivity index (χ2v) is 9.29. The molecule has 0 saturated carbocycles. The van der Waals surface area contributed by atoms with Crippen LogP contribution in [0.4, 0.5) is 11.8 Å². The first-order chi connectivity index (χ1) is 17.0. The second-order valence-electron chi connectivity index (χ2n) is 9.29. The summed E-state index contributed by atoms with van der Waals surface area (Å²) in [6.45, 7) is 3.74. The number of carbonyl (C=O) groups excluding carboxylic acids is 1. The van der Waals surface area contributed by atoms with Crippen LogP contribution in [-0.4, -0.2) is 68.6 Å². The molecule has 0 bridgehead atoms. The van der Waals surface area contributed by atoms with E-state index in [0.29, 0.717) is 29.7 Å². The maximum absolute atomic E-state index is 10.7. The normalized spacial score (nSPS) is 15.6. The lowest BCUT2D eigenvalue weighted by molar-refractivity contribution is -0.108. The molecular weight excluding hydrogens is 442 g/mol. The number of nitrogens with zero attached hydrogens (tertiary/aromatic N) is 4. The van der Waals surface area contributed by atoms with Gasteiger partial charge in [0.05, 0.1) is 19.7 Å². The van der Waals surface area contributed by atoms with Crippen LogP contribution in [-0.2, 0) is 10.2 Å². The van der Waals surface area contributed by atoms with Crippen LogP contribution in [0.15, 0.2) is 42.5 Å². The number of aromatic nitrogens is 2. The molecule has 0 atom stereocenters. The van der Waals surface area contributed by atoms with E-state index < -0.39 is 0 Å². The quantitative estimate of drug-likeness (QED) is 0.349. The molecule has 8 nitrogen and oxygen atoms in total. The Bertz CT molecular complexity index is 1150. The number of anilines is 2. The van der Waals surface area contributed by atoms with Crippen LogP contribution in [0, 0.1) is 0 Å². The molecule has 2 N–H and O–H groups in total. The summed E-state index contributed by atoms with van der Waals surface area (Å²) in [6, 6.07) is 14.4. The molecule has 0 amide bonds. The largest absolute Gasteiger partial charge is 0.493 e. The molecule has 0 radical (unpaired) electrons. The summed E-state index contributed by atoms with van der Waals surface area (Å²) in [5, 5.41) is 0.737. The zero-order chi connectivity index (χ0) is 24.8. The van der Waals surface area contributed by atoms with Crippen molar-refractivity contribution in [2.24, 2.45) is 0 Å². The minimum atomic E-state index is -0.0259. The van der Waals surface area contributed by atoms with Crippen molar-refractivity contribution in [1.29, 1.82) is 0 Å². The highest BCUT2D eigenvalue weighted by Crippen LogP contribution is 2.38. The maximum atomic E-state index is 10.7. The third kappa shape index (κ3) is 5.32. The third-order valence-electron chi connectivity index (χ3n) is 7.10. The Kier molecular flexibility index (Phi) is 7.70. The monoisotopic (exact) mass is 477 g/mol. The molecule has 2 heterocycles. The predicted molar refractivity (Wildman–Crippen MR) is 139 cm³/mol. The molecule has 1 saturated heterocycles. The molecule has 0 aliphatic carbocycles. The Labute approximate surface area is 207 Å². The highest BCUT2D eigenvalue weighted by atomic mass is 16.5. The lowest BCUT2D eigenvalue weighted by Gasteiger charge is -2.44. The number of rotatable bonds is 10. The Morgan fingerprint density at radius 2 is 1.77 bits per heavy atom. The average molecular weight is 478 g/mol. The van der Waals surface area contributed by atoms with E-state index in [1.54, 1.807) is 14.2 Å². The number of nitrogens with two attached hydrogens (primary N) is 1. The summed E-state index contributed by atoms with van der Waals surface area (Å²) in [5.41, 5.74) is 8.38. The van der Waals surface area contributed by atoms with Gasteiger partial charge in [0, 0.05) is 36.9 Å². The number of likely N-dealkylation sites (tertiary alicyclic amines) is 1. The summed E-state index contributed by atoms with van der Waals surface area (Å²) < 4.78 is 10.9. The lowest BCUT2D eigenvalue weighted by Crippen LogP contribution is -2.48. The molecule has 1 fully saturated rings. The fraction of sp³-hybridized carbons (Fsp3) is 0.444. The lowest BCUT2D eigenvalue weighted by atomic mass is 9.72. The molecule has 0 unspecified atom stereocenters. The van der Waals surface area contributed by atoms with Gasteiger partial charge in [-0.1, -0.05) is 30.3 Å². The van der Waals surface area contributed by atoms with Gasteiger partial charge in [0.1, 0.15) is 12.1 Å². The van der Waals surface area contributed by atoms with Gasteiger partial charge in [-0.25, -0.2) is 4.98 Å². The number of hydrogen-bond acceptors (Lipinski definition) is 8. The molecule has 8 heteroatoms.